The Morgan fingerprint density at radius 3 is 2.60 bits per heavy atom. The molecule has 1 aliphatic rings. The Hall–Kier alpha value is -2.04. The van der Waals surface area contributed by atoms with E-state index in [2.05, 4.69) is 29.8 Å². The van der Waals surface area contributed by atoms with Gasteiger partial charge < -0.3 is 14.6 Å². The molecule has 1 amide bonds. The van der Waals surface area contributed by atoms with Crippen molar-refractivity contribution < 1.29 is 14.3 Å². The van der Waals surface area contributed by atoms with E-state index in [-0.39, 0.29) is 18.6 Å². The van der Waals surface area contributed by atoms with Crippen LogP contribution in [0.5, 0.6) is 0 Å². The van der Waals surface area contributed by atoms with Gasteiger partial charge in [-0.05, 0) is 58.2 Å². The van der Waals surface area contributed by atoms with Crippen molar-refractivity contribution in [1.82, 2.24) is 9.88 Å². The van der Waals surface area contributed by atoms with Gasteiger partial charge in [-0.1, -0.05) is 19.3 Å². The molecule has 1 aromatic rings. The number of carbonyl (C=O) groups is 2. The molecule has 0 unspecified atom stereocenters. The number of amides is 1. The summed E-state index contributed by atoms with van der Waals surface area (Å²) in [6, 6.07) is 2.70. The maximum absolute atomic E-state index is 11.9. The van der Waals surface area contributed by atoms with Crippen molar-refractivity contribution in [2.75, 3.05) is 6.54 Å². The van der Waals surface area contributed by atoms with E-state index in [0.717, 1.165) is 5.56 Å². The fourth-order valence-corrected chi connectivity index (χ4v) is 3.56. The Balaban J connectivity index is 1.96. The number of rotatable bonds is 6. The highest BCUT2D eigenvalue weighted by molar-refractivity contribution is 5.93. The summed E-state index contributed by atoms with van der Waals surface area (Å²) in [5, 5.41) is 2.56. The zero-order valence-corrected chi connectivity index (χ0v) is 15.8. The van der Waals surface area contributed by atoms with E-state index in [9.17, 15) is 9.59 Å². The van der Waals surface area contributed by atoms with Crippen LogP contribution in [-0.4, -0.2) is 29.1 Å². The summed E-state index contributed by atoms with van der Waals surface area (Å²) < 4.78 is 7.40. The van der Waals surface area contributed by atoms with Crippen LogP contribution in [0, 0.1) is 13.8 Å². The summed E-state index contributed by atoms with van der Waals surface area (Å²) in [6.07, 6.45) is 9.52. The van der Waals surface area contributed by atoms with E-state index in [1.54, 1.807) is 13.8 Å². The molecular formula is C20H30N2O3. The Morgan fingerprint density at radius 2 is 1.96 bits per heavy atom. The Bertz CT molecular complexity index is 638. The molecule has 0 bridgehead atoms. The number of esters is 1. The second kappa shape index (κ2) is 8.88. The molecule has 0 aliphatic heterocycles. The molecule has 1 fully saturated rings. The van der Waals surface area contributed by atoms with Gasteiger partial charge >= 0.3 is 5.97 Å². The van der Waals surface area contributed by atoms with Gasteiger partial charge in [-0.25, -0.2) is 0 Å². The topological polar surface area (TPSA) is 60.3 Å². The van der Waals surface area contributed by atoms with Gasteiger partial charge in [-0.15, -0.1) is 0 Å². The van der Waals surface area contributed by atoms with Crippen molar-refractivity contribution in [2.45, 2.75) is 71.9 Å². The highest BCUT2D eigenvalue weighted by Crippen LogP contribution is 2.32. The maximum Gasteiger partial charge on any atom is 0.325 e. The molecule has 0 spiro atoms. The van der Waals surface area contributed by atoms with E-state index < -0.39 is 5.97 Å². The third-order valence-electron chi connectivity index (χ3n) is 4.65. The SMILES string of the molecule is Cc1cc(/C=C/C(=O)NCC(=O)OC(C)C)c(C)n1C1CCCCC1. The fourth-order valence-electron chi connectivity index (χ4n) is 3.56. The van der Waals surface area contributed by atoms with Crippen LogP contribution >= 0.6 is 0 Å². The highest BCUT2D eigenvalue weighted by atomic mass is 16.5. The van der Waals surface area contributed by atoms with Gasteiger partial charge in [-0.2, -0.15) is 0 Å². The normalized spacial score (nSPS) is 15.7. The van der Waals surface area contributed by atoms with Crippen LogP contribution in [0.2, 0.25) is 0 Å². The molecule has 1 saturated carbocycles. The summed E-state index contributed by atoms with van der Waals surface area (Å²) in [4.78, 5) is 23.3. The monoisotopic (exact) mass is 346 g/mol. The minimum absolute atomic E-state index is 0.109. The number of hydrogen-bond donors (Lipinski definition) is 1. The third kappa shape index (κ3) is 5.48. The van der Waals surface area contributed by atoms with Gasteiger partial charge in [0.25, 0.3) is 0 Å². The number of aromatic nitrogens is 1. The highest BCUT2D eigenvalue weighted by Gasteiger charge is 2.19. The van der Waals surface area contributed by atoms with Gasteiger partial charge in [0, 0.05) is 23.5 Å². The zero-order chi connectivity index (χ0) is 18.4. The lowest BCUT2D eigenvalue weighted by Gasteiger charge is -2.26. The fraction of sp³-hybridized carbons (Fsp3) is 0.600. The summed E-state index contributed by atoms with van der Waals surface area (Å²) >= 11 is 0. The quantitative estimate of drug-likeness (QED) is 0.631. The minimum Gasteiger partial charge on any atom is -0.462 e. The van der Waals surface area contributed by atoms with Crippen LogP contribution in [0.1, 0.15) is 68.9 Å². The lowest BCUT2D eigenvalue weighted by molar-refractivity contribution is -0.147. The molecule has 0 saturated heterocycles. The first-order valence-corrected chi connectivity index (χ1v) is 9.22. The molecule has 0 aromatic carbocycles. The zero-order valence-electron chi connectivity index (χ0n) is 15.8. The average Bonchev–Trinajstić information content (AvgIpc) is 2.85. The molecule has 5 nitrogen and oxygen atoms in total. The third-order valence-corrected chi connectivity index (χ3v) is 4.65. The lowest BCUT2D eigenvalue weighted by Crippen LogP contribution is -2.30. The minimum atomic E-state index is -0.424. The molecule has 1 heterocycles. The molecule has 1 N–H and O–H groups in total. The molecule has 0 radical (unpaired) electrons. The molecule has 5 heteroatoms. The first kappa shape index (κ1) is 19.3. The van der Waals surface area contributed by atoms with E-state index in [1.165, 1.54) is 49.6 Å². The summed E-state index contributed by atoms with van der Waals surface area (Å²) in [5.41, 5.74) is 3.50. The van der Waals surface area contributed by atoms with Gasteiger partial charge in [0.15, 0.2) is 0 Å². The summed E-state index contributed by atoms with van der Waals surface area (Å²) in [6.45, 7) is 7.69. The van der Waals surface area contributed by atoms with E-state index in [4.69, 9.17) is 4.74 Å². The number of carbonyl (C=O) groups excluding carboxylic acids is 2. The van der Waals surface area contributed by atoms with Gasteiger partial charge in [0.2, 0.25) is 5.91 Å². The van der Waals surface area contributed by atoms with Crippen molar-refractivity contribution in [3.63, 3.8) is 0 Å². The Labute approximate surface area is 150 Å². The number of ether oxygens (including phenoxy) is 1. The molecular weight excluding hydrogens is 316 g/mol. The number of aryl methyl sites for hydroxylation is 1. The number of hydrogen-bond acceptors (Lipinski definition) is 3. The first-order chi connectivity index (χ1) is 11.9. The number of nitrogens with zero attached hydrogens (tertiary/aromatic N) is 1. The molecule has 1 aliphatic carbocycles. The Morgan fingerprint density at radius 1 is 1.28 bits per heavy atom. The van der Waals surface area contributed by atoms with Crippen molar-refractivity contribution in [2.24, 2.45) is 0 Å². The van der Waals surface area contributed by atoms with Crippen LogP contribution in [0.4, 0.5) is 0 Å². The smallest absolute Gasteiger partial charge is 0.325 e. The standard InChI is InChI=1S/C20H30N2O3/c1-14(2)25-20(24)13-21-19(23)11-10-17-12-15(3)22(16(17)4)18-8-6-5-7-9-18/h10-12,14,18H,5-9,13H2,1-4H3,(H,21,23)/b11-10+. The number of nitrogens with one attached hydrogen (secondary N) is 1. The Kier molecular flexibility index (Phi) is 6.85. The molecule has 25 heavy (non-hydrogen) atoms. The summed E-state index contributed by atoms with van der Waals surface area (Å²) in [5.74, 6) is -0.713. The van der Waals surface area contributed by atoms with E-state index in [1.807, 2.05) is 6.08 Å². The van der Waals surface area contributed by atoms with Crippen molar-refractivity contribution in [3.8, 4) is 0 Å². The van der Waals surface area contributed by atoms with E-state index >= 15 is 0 Å². The van der Waals surface area contributed by atoms with Crippen LogP contribution in [-0.2, 0) is 14.3 Å². The van der Waals surface area contributed by atoms with Gasteiger partial charge in [-0.3, -0.25) is 9.59 Å². The van der Waals surface area contributed by atoms with Crippen LogP contribution in [0.15, 0.2) is 12.1 Å². The van der Waals surface area contributed by atoms with Gasteiger partial charge in [0.1, 0.15) is 6.54 Å². The van der Waals surface area contributed by atoms with E-state index in [0.29, 0.717) is 6.04 Å². The van der Waals surface area contributed by atoms with Gasteiger partial charge in [0.05, 0.1) is 6.10 Å². The second-order valence-corrected chi connectivity index (χ2v) is 7.08. The molecule has 138 valence electrons. The summed E-state index contributed by atoms with van der Waals surface area (Å²) in [7, 11) is 0. The van der Waals surface area contributed by atoms with Crippen LogP contribution in [0.3, 0.4) is 0 Å². The molecule has 0 atom stereocenters. The average molecular weight is 346 g/mol. The second-order valence-electron chi connectivity index (χ2n) is 7.08. The molecule has 1 aromatic heterocycles. The van der Waals surface area contributed by atoms with Crippen LogP contribution < -0.4 is 5.32 Å². The predicted octanol–water partition coefficient (Wildman–Crippen LogP) is 3.69. The van der Waals surface area contributed by atoms with Crippen molar-refractivity contribution >= 4 is 18.0 Å². The van der Waals surface area contributed by atoms with Crippen molar-refractivity contribution in [3.05, 3.63) is 29.1 Å². The lowest BCUT2D eigenvalue weighted by atomic mass is 9.95. The maximum atomic E-state index is 11.9. The van der Waals surface area contributed by atoms with Crippen LogP contribution in [0.25, 0.3) is 6.08 Å². The molecule has 2 rings (SSSR count). The first-order valence-electron chi connectivity index (χ1n) is 9.22. The predicted molar refractivity (Wildman–Crippen MR) is 99.3 cm³/mol. The van der Waals surface area contributed by atoms with Crippen molar-refractivity contribution in [1.29, 1.82) is 0 Å². The largest absolute Gasteiger partial charge is 0.462 e.